The summed E-state index contributed by atoms with van der Waals surface area (Å²) in [7, 11) is 1.79. The largest absolute Gasteiger partial charge is 0.356 e. The lowest BCUT2D eigenvalue weighted by Crippen LogP contribution is -2.43. The second-order valence-electron chi connectivity index (χ2n) is 7.03. The van der Waals surface area contributed by atoms with E-state index >= 15 is 0 Å². The van der Waals surface area contributed by atoms with Gasteiger partial charge in [-0.25, -0.2) is 0 Å². The molecule has 1 aliphatic heterocycles. The second-order valence-corrected chi connectivity index (χ2v) is 8.16. The molecule has 0 aromatic heterocycles. The molecule has 3 rings (SSSR count). The van der Waals surface area contributed by atoms with E-state index in [2.05, 4.69) is 21.9 Å². The van der Waals surface area contributed by atoms with Gasteiger partial charge in [0.05, 0.1) is 11.1 Å². The molecule has 2 atom stereocenters. The Hall–Kier alpha value is -1.29. The number of fused-ring (bicyclic) bond motifs is 1. The lowest BCUT2D eigenvalue weighted by atomic mass is 10.1. The molecule has 6 nitrogen and oxygen atoms in total. The highest BCUT2D eigenvalue weighted by atomic mass is 127. The van der Waals surface area contributed by atoms with Gasteiger partial charge in [-0.15, -0.1) is 24.0 Å². The fourth-order valence-corrected chi connectivity index (χ4v) is 4.51. The molecule has 1 fully saturated rings. The maximum atomic E-state index is 12.3. The van der Waals surface area contributed by atoms with E-state index in [9.17, 15) is 9.59 Å². The van der Waals surface area contributed by atoms with E-state index in [1.54, 1.807) is 31.3 Å². The quantitative estimate of drug-likeness (QED) is 0.192. The number of unbranched alkanes of at least 4 members (excludes halogenated alkanes) is 1. The normalized spacial score (nSPS) is 21.5. The van der Waals surface area contributed by atoms with Crippen molar-refractivity contribution in [1.29, 1.82) is 0 Å². The molecule has 1 heterocycles. The molecule has 0 saturated heterocycles. The SMILES string of the molecule is CN=C(NCCCCN1C(=O)c2ccccc2C1=O)NC1CCC(SC)C1.I. The maximum Gasteiger partial charge on any atom is 0.261 e. The third-order valence-electron chi connectivity index (χ3n) is 5.26. The third kappa shape index (κ3) is 5.40. The van der Waals surface area contributed by atoms with Crippen molar-refractivity contribution in [2.75, 3.05) is 26.4 Å². The van der Waals surface area contributed by atoms with Crippen LogP contribution in [-0.2, 0) is 0 Å². The number of imide groups is 1. The topological polar surface area (TPSA) is 73.8 Å². The first kappa shape index (κ1) is 23.0. The van der Waals surface area contributed by atoms with Gasteiger partial charge in [-0.1, -0.05) is 12.1 Å². The highest BCUT2D eigenvalue weighted by Gasteiger charge is 2.34. The summed E-state index contributed by atoms with van der Waals surface area (Å²) >= 11 is 1.94. The predicted molar refractivity (Wildman–Crippen MR) is 126 cm³/mol. The molecule has 28 heavy (non-hydrogen) atoms. The van der Waals surface area contributed by atoms with Crippen LogP contribution in [0.25, 0.3) is 0 Å². The minimum atomic E-state index is -0.175. The number of guanidine groups is 1. The summed E-state index contributed by atoms with van der Waals surface area (Å²) in [6, 6.07) is 7.52. The van der Waals surface area contributed by atoms with Crippen molar-refractivity contribution in [3.63, 3.8) is 0 Å². The Kier molecular flexibility index (Phi) is 9.07. The molecule has 1 aromatic rings. The van der Waals surface area contributed by atoms with Gasteiger partial charge < -0.3 is 10.6 Å². The molecule has 1 saturated carbocycles. The second kappa shape index (κ2) is 11.0. The fraction of sp³-hybridized carbons (Fsp3) is 0.550. The van der Waals surface area contributed by atoms with Crippen molar-refractivity contribution in [3.8, 4) is 0 Å². The van der Waals surface area contributed by atoms with Gasteiger partial charge in [-0.3, -0.25) is 19.5 Å². The number of hydrogen-bond donors (Lipinski definition) is 2. The number of nitrogens with one attached hydrogen (secondary N) is 2. The Labute approximate surface area is 188 Å². The average molecular weight is 516 g/mol. The summed E-state index contributed by atoms with van der Waals surface area (Å²) in [6.45, 7) is 1.22. The first-order valence-corrected chi connectivity index (χ1v) is 10.9. The number of benzene rings is 1. The zero-order valence-corrected chi connectivity index (χ0v) is 19.6. The van der Waals surface area contributed by atoms with Gasteiger partial charge in [0.25, 0.3) is 11.8 Å². The van der Waals surface area contributed by atoms with E-state index in [-0.39, 0.29) is 35.8 Å². The van der Waals surface area contributed by atoms with Crippen LogP contribution >= 0.6 is 35.7 Å². The van der Waals surface area contributed by atoms with E-state index in [4.69, 9.17) is 0 Å². The van der Waals surface area contributed by atoms with Gasteiger partial charge in [-0.05, 0) is 50.5 Å². The Morgan fingerprint density at radius 2 is 1.86 bits per heavy atom. The zero-order chi connectivity index (χ0) is 19.2. The molecule has 0 radical (unpaired) electrons. The lowest BCUT2D eigenvalue weighted by Gasteiger charge is -2.18. The molecule has 2 amide bonds. The minimum Gasteiger partial charge on any atom is -0.356 e. The third-order valence-corrected chi connectivity index (χ3v) is 6.36. The number of halogens is 1. The van der Waals surface area contributed by atoms with Crippen LogP contribution in [0.1, 0.15) is 52.8 Å². The fourth-order valence-electron chi connectivity index (χ4n) is 3.72. The number of thioether (sulfide) groups is 1. The zero-order valence-electron chi connectivity index (χ0n) is 16.4. The van der Waals surface area contributed by atoms with E-state index in [0.717, 1.165) is 30.6 Å². The number of amides is 2. The molecule has 2 unspecified atom stereocenters. The van der Waals surface area contributed by atoms with Gasteiger partial charge in [0.15, 0.2) is 5.96 Å². The summed E-state index contributed by atoms with van der Waals surface area (Å²) in [4.78, 5) is 30.3. The van der Waals surface area contributed by atoms with Crippen LogP contribution in [0.5, 0.6) is 0 Å². The number of nitrogens with zero attached hydrogens (tertiary/aromatic N) is 2. The van der Waals surface area contributed by atoms with Gasteiger partial charge >= 0.3 is 0 Å². The van der Waals surface area contributed by atoms with E-state index in [0.29, 0.717) is 23.7 Å². The van der Waals surface area contributed by atoms with Crippen LogP contribution in [-0.4, -0.2) is 60.4 Å². The van der Waals surface area contributed by atoms with Crippen molar-refractivity contribution in [1.82, 2.24) is 15.5 Å². The van der Waals surface area contributed by atoms with Crippen LogP contribution in [0.3, 0.4) is 0 Å². The summed E-state index contributed by atoms with van der Waals surface area (Å²) in [6.07, 6.45) is 7.44. The van der Waals surface area contributed by atoms with Gasteiger partial charge in [-0.2, -0.15) is 11.8 Å². The van der Waals surface area contributed by atoms with Crippen molar-refractivity contribution in [2.45, 2.75) is 43.4 Å². The van der Waals surface area contributed by atoms with Crippen molar-refractivity contribution in [3.05, 3.63) is 35.4 Å². The first-order chi connectivity index (χ1) is 13.1. The molecule has 0 bridgehead atoms. The molecular weight excluding hydrogens is 487 g/mol. The molecule has 0 spiro atoms. The van der Waals surface area contributed by atoms with Gasteiger partial charge in [0.1, 0.15) is 0 Å². The van der Waals surface area contributed by atoms with Crippen LogP contribution < -0.4 is 10.6 Å². The minimum absolute atomic E-state index is 0. The summed E-state index contributed by atoms with van der Waals surface area (Å²) in [5.41, 5.74) is 1.04. The molecular formula is C20H29IN4O2S. The highest BCUT2D eigenvalue weighted by molar-refractivity contribution is 14.0. The Balaban J connectivity index is 0.00000280. The van der Waals surface area contributed by atoms with E-state index in [1.807, 2.05) is 11.8 Å². The summed E-state index contributed by atoms with van der Waals surface area (Å²) in [5, 5.41) is 7.58. The van der Waals surface area contributed by atoms with Crippen LogP contribution in [0.15, 0.2) is 29.3 Å². The maximum absolute atomic E-state index is 12.3. The first-order valence-electron chi connectivity index (χ1n) is 9.59. The van der Waals surface area contributed by atoms with Crippen molar-refractivity contribution in [2.24, 2.45) is 4.99 Å². The highest BCUT2D eigenvalue weighted by Crippen LogP contribution is 2.28. The van der Waals surface area contributed by atoms with E-state index < -0.39 is 0 Å². The Morgan fingerprint density at radius 3 is 2.43 bits per heavy atom. The van der Waals surface area contributed by atoms with Crippen LogP contribution in [0.2, 0.25) is 0 Å². The van der Waals surface area contributed by atoms with Crippen LogP contribution in [0, 0.1) is 0 Å². The molecule has 8 heteroatoms. The molecule has 154 valence electrons. The van der Waals surface area contributed by atoms with E-state index in [1.165, 1.54) is 24.2 Å². The van der Waals surface area contributed by atoms with Crippen LogP contribution in [0.4, 0.5) is 0 Å². The standard InChI is InChI=1S/C20H28N4O2S.HI/c1-21-20(23-14-9-10-15(13-14)27-2)22-11-5-6-12-24-18(25)16-7-3-4-8-17(16)19(24)26;/h3-4,7-8,14-15H,5-6,9-13H2,1-2H3,(H2,21,22,23);1H. The van der Waals surface area contributed by atoms with Gasteiger partial charge in [0.2, 0.25) is 0 Å². The van der Waals surface area contributed by atoms with Crippen molar-refractivity contribution < 1.29 is 9.59 Å². The van der Waals surface area contributed by atoms with Gasteiger partial charge in [0, 0.05) is 31.4 Å². The Morgan fingerprint density at radius 1 is 1.18 bits per heavy atom. The average Bonchev–Trinajstić information content (AvgIpc) is 3.25. The monoisotopic (exact) mass is 516 g/mol. The lowest BCUT2D eigenvalue weighted by molar-refractivity contribution is 0.0652. The number of carbonyl (C=O) groups is 2. The summed E-state index contributed by atoms with van der Waals surface area (Å²) in [5.74, 6) is 0.485. The molecule has 2 N–H and O–H groups in total. The number of aliphatic imine (C=N–C) groups is 1. The number of rotatable bonds is 7. The summed E-state index contributed by atoms with van der Waals surface area (Å²) < 4.78 is 0. The molecule has 2 aliphatic rings. The predicted octanol–water partition coefficient (Wildman–Crippen LogP) is 3.13. The van der Waals surface area contributed by atoms with Crippen molar-refractivity contribution >= 4 is 53.5 Å². The Bertz CT molecular complexity index is 693. The smallest absolute Gasteiger partial charge is 0.261 e. The number of hydrogen-bond acceptors (Lipinski definition) is 4. The molecule has 1 aromatic carbocycles. The molecule has 1 aliphatic carbocycles. The number of carbonyl (C=O) groups excluding carboxylic acids is 2.